The quantitative estimate of drug-likeness (QED) is 0.460. The molecule has 0 saturated carbocycles. The smallest absolute Gasteiger partial charge is 0.231 e. The summed E-state index contributed by atoms with van der Waals surface area (Å²) in [6.07, 6.45) is 4.83. The Bertz CT molecular complexity index is 1260. The summed E-state index contributed by atoms with van der Waals surface area (Å²) in [5, 5.41) is 2.94. The van der Waals surface area contributed by atoms with Crippen LogP contribution in [0.2, 0.25) is 0 Å². The fraction of sp³-hybridized carbons (Fsp3) is 0.167. The molecule has 1 aromatic heterocycles. The molecule has 1 amide bonds. The molecule has 7 nitrogen and oxygen atoms in total. The van der Waals surface area contributed by atoms with Crippen molar-refractivity contribution in [1.82, 2.24) is 9.97 Å². The molecule has 168 valence electrons. The molecule has 1 aliphatic heterocycles. The standard InChI is InChI=1S/C24H22F2N6O/c1-28-21(6-9-27)31-24-29-10-7-20(30-24)17-12-16-8-11-32(23(16)19(26)13-17)22(33)14-15-4-2-3-5-18(15)25/h2-7,9-10,12-13H,8,11,14,27H2,1H3,(H,28,29,30,31). The number of benzene rings is 2. The minimum atomic E-state index is -0.531. The second-order valence-corrected chi connectivity index (χ2v) is 7.39. The number of aliphatic imine (C=N–C) groups is 1. The first-order valence-corrected chi connectivity index (χ1v) is 10.3. The summed E-state index contributed by atoms with van der Waals surface area (Å²) in [7, 11) is 1.60. The molecule has 0 unspecified atom stereocenters. The Morgan fingerprint density at radius 2 is 2.06 bits per heavy atom. The first-order chi connectivity index (χ1) is 16.0. The molecule has 2 heterocycles. The molecule has 0 radical (unpaired) electrons. The SMILES string of the molecule is CN=C(C=CN)Nc1nccc(-c2cc(F)c3c(c2)CCN3C(=O)Cc2ccccc2F)n1. The molecular weight excluding hydrogens is 426 g/mol. The van der Waals surface area contributed by atoms with E-state index in [1.807, 2.05) is 6.07 Å². The predicted octanol–water partition coefficient (Wildman–Crippen LogP) is 3.47. The summed E-state index contributed by atoms with van der Waals surface area (Å²) in [4.78, 5) is 26.8. The summed E-state index contributed by atoms with van der Waals surface area (Å²) in [5.41, 5.74) is 7.69. The van der Waals surface area contributed by atoms with Gasteiger partial charge in [-0.2, -0.15) is 0 Å². The van der Waals surface area contributed by atoms with Gasteiger partial charge in [-0.05, 0) is 54.1 Å². The zero-order valence-corrected chi connectivity index (χ0v) is 17.9. The Morgan fingerprint density at radius 1 is 1.24 bits per heavy atom. The molecule has 3 aromatic rings. The molecule has 4 rings (SSSR count). The minimum Gasteiger partial charge on any atom is -0.404 e. The first-order valence-electron chi connectivity index (χ1n) is 10.3. The predicted molar refractivity (Wildman–Crippen MR) is 124 cm³/mol. The molecule has 2 aromatic carbocycles. The molecule has 9 heteroatoms. The fourth-order valence-electron chi connectivity index (χ4n) is 3.75. The van der Waals surface area contributed by atoms with Crippen molar-refractivity contribution < 1.29 is 13.6 Å². The van der Waals surface area contributed by atoms with Crippen LogP contribution in [0.4, 0.5) is 20.4 Å². The van der Waals surface area contributed by atoms with Gasteiger partial charge in [-0.3, -0.25) is 9.79 Å². The number of nitrogens with zero attached hydrogens (tertiary/aromatic N) is 4. The highest BCUT2D eigenvalue weighted by Crippen LogP contribution is 2.35. The lowest BCUT2D eigenvalue weighted by molar-refractivity contribution is -0.118. The number of amidine groups is 1. The van der Waals surface area contributed by atoms with Crippen LogP contribution in [0.5, 0.6) is 0 Å². The third-order valence-electron chi connectivity index (χ3n) is 5.30. The van der Waals surface area contributed by atoms with Crippen molar-refractivity contribution in [2.24, 2.45) is 10.7 Å². The number of nitrogens with one attached hydrogen (secondary N) is 1. The van der Waals surface area contributed by atoms with Gasteiger partial charge in [0.25, 0.3) is 0 Å². The van der Waals surface area contributed by atoms with Crippen LogP contribution in [0, 0.1) is 11.6 Å². The van der Waals surface area contributed by atoms with Crippen LogP contribution in [0.25, 0.3) is 11.3 Å². The van der Waals surface area contributed by atoms with Crippen LogP contribution in [-0.4, -0.2) is 35.3 Å². The number of rotatable bonds is 5. The van der Waals surface area contributed by atoms with Gasteiger partial charge in [-0.25, -0.2) is 18.7 Å². The maximum Gasteiger partial charge on any atom is 0.231 e. The van der Waals surface area contributed by atoms with Crippen molar-refractivity contribution in [3.8, 4) is 11.3 Å². The number of aromatic nitrogens is 2. The monoisotopic (exact) mass is 448 g/mol. The lowest BCUT2D eigenvalue weighted by Crippen LogP contribution is -2.31. The number of amides is 1. The van der Waals surface area contributed by atoms with Gasteiger partial charge in [0.2, 0.25) is 11.9 Å². The fourth-order valence-corrected chi connectivity index (χ4v) is 3.75. The lowest BCUT2D eigenvalue weighted by Gasteiger charge is -2.18. The van der Waals surface area contributed by atoms with Gasteiger partial charge >= 0.3 is 0 Å². The number of nitrogens with two attached hydrogens (primary N) is 1. The van der Waals surface area contributed by atoms with E-state index in [0.717, 1.165) is 0 Å². The number of halogens is 2. The third-order valence-corrected chi connectivity index (χ3v) is 5.30. The number of hydrogen-bond donors (Lipinski definition) is 2. The summed E-state index contributed by atoms with van der Waals surface area (Å²) < 4.78 is 29.1. The number of fused-ring (bicyclic) bond motifs is 1. The Hall–Kier alpha value is -4.14. The second kappa shape index (κ2) is 9.56. The topological polar surface area (TPSA) is 96.5 Å². The van der Waals surface area contributed by atoms with E-state index in [9.17, 15) is 9.18 Å². The van der Waals surface area contributed by atoms with Crippen LogP contribution >= 0.6 is 0 Å². The van der Waals surface area contributed by atoms with E-state index in [-0.39, 0.29) is 29.5 Å². The van der Waals surface area contributed by atoms with Crippen molar-refractivity contribution >= 4 is 23.4 Å². The highest BCUT2D eigenvalue weighted by Gasteiger charge is 2.29. The zero-order valence-electron chi connectivity index (χ0n) is 17.9. The molecule has 1 aliphatic rings. The average molecular weight is 448 g/mol. The lowest BCUT2D eigenvalue weighted by atomic mass is 10.0. The second-order valence-electron chi connectivity index (χ2n) is 7.39. The molecule has 0 aliphatic carbocycles. The molecule has 33 heavy (non-hydrogen) atoms. The summed E-state index contributed by atoms with van der Waals surface area (Å²) in [6.45, 7) is 0.335. The van der Waals surface area contributed by atoms with Crippen LogP contribution in [0.15, 0.2) is 65.9 Å². The van der Waals surface area contributed by atoms with Crippen LogP contribution in [0.1, 0.15) is 11.1 Å². The molecule has 0 fully saturated rings. The van der Waals surface area contributed by atoms with E-state index < -0.39 is 11.6 Å². The van der Waals surface area contributed by atoms with Crippen LogP contribution in [-0.2, 0) is 17.6 Å². The Labute approximate surface area is 189 Å². The Morgan fingerprint density at radius 3 is 2.82 bits per heavy atom. The normalized spacial score (nSPS) is 13.4. The van der Waals surface area contributed by atoms with Crippen molar-refractivity contribution in [1.29, 1.82) is 0 Å². The van der Waals surface area contributed by atoms with Crippen molar-refractivity contribution in [2.45, 2.75) is 12.8 Å². The van der Waals surface area contributed by atoms with Gasteiger partial charge < -0.3 is 16.0 Å². The molecular formula is C24H22F2N6O. The average Bonchev–Trinajstić information content (AvgIpc) is 3.25. The Balaban J connectivity index is 1.59. The summed E-state index contributed by atoms with van der Waals surface area (Å²) in [5.74, 6) is -0.574. The summed E-state index contributed by atoms with van der Waals surface area (Å²) >= 11 is 0. The molecule has 3 N–H and O–H groups in total. The Kier molecular flexibility index (Phi) is 6.39. The minimum absolute atomic E-state index is 0.132. The molecule has 0 atom stereocenters. The number of carbonyl (C=O) groups is 1. The largest absolute Gasteiger partial charge is 0.404 e. The van der Waals surface area contributed by atoms with Gasteiger partial charge in [-0.1, -0.05) is 18.2 Å². The van der Waals surface area contributed by atoms with E-state index >= 15 is 4.39 Å². The maximum atomic E-state index is 15.2. The van der Waals surface area contributed by atoms with Crippen molar-refractivity contribution in [2.75, 3.05) is 23.8 Å². The van der Waals surface area contributed by atoms with Crippen LogP contribution < -0.4 is 16.0 Å². The maximum absolute atomic E-state index is 15.2. The van der Waals surface area contributed by atoms with E-state index in [4.69, 9.17) is 5.73 Å². The van der Waals surface area contributed by atoms with Gasteiger partial charge in [0, 0.05) is 25.4 Å². The van der Waals surface area contributed by atoms with Gasteiger partial charge in [0.15, 0.2) is 0 Å². The van der Waals surface area contributed by atoms with Crippen LogP contribution in [0.3, 0.4) is 0 Å². The van der Waals surface area contributed by atoms with Gasteiger partial charge in [0.1, 0.15) is 17.5 Å². The zero-order chi connectivity index (χ0) is 23.4. The van der Waals surface area contributed by atoms with Crippen molar-refractivity contribution in [3.63, 3.8) is 0 Å². The van der Waals surface area contributed by atoms with E-state index in [0.29, 0.717) is 35.6 Å². The summed E-state index contributed by atoms with van der Waals surface area (Å²) in [6, 6.07) is 10.9. The molecule has 0 spiro atoms. The van der Waals surface area contributed by atoms with E-state index in [1.54, 1.807) is 43.6 Å². The number of carbonyl (C=O) groups excluding carboxylic acids is 1. The highest BCUT2D eigenvalue weighted by atomic mass is 19.1. The number of hydrogen-bond acceptors (Lipinski definition) is 5. The third kappa shape index (κ3) is 4.72. The first kappa shape index (κ1) is 22.1. The highest BCUT2D eigenvalue weighted by molar-refractivity contribution is 6.02. The molecule has 0 saturated heterocycles. The molecule has 0 bridgehead atoms. The van der Waals surface area contributed by atoms with Gasteiger partial charge in [0.05, 0.1) is 17.8 Å². The van der Waals surface area contributed by atoms with Gasteiger partial charge in [-0.15, -0.1) is 0 Å². The van der Waals surface area contributed by atoms with E-state index in [1.165, 1.54) is 23.2 Å². The van der Waals surface area contributed by atoms with Crippen molar-refractivity contribution in [3.05, 3.63) is 83.7 Å². The van der Waals surface area contributed by atoms with E-state index in [2.05, 4.69) is 20.3 Å². The number of anilines is 2.